The minimum atomic E-state index is -0.273. The van der Waals surface area contributed by atoms with E-state index in [9.17, 15) is 4.39 Å². The van der Waals surface area contributed by atoms with Gasteiger partial charge in [-0.1, -0.05) is 18.2 Å². The molecule has 2 aromatic carbocycles. The van der Waals surface area contributed by atoms with Crippen molar-refractivity contribution < 1.29 is 13.9 Å². The van der Waals surface area contributed by atoms with Crippen LogP contribution in [0.4, 0.5) is 4.39 Å². The molecule has 1 N–H and O–H groups in total. The molecule has 110 valence electrons. The quantitative estimate of drug-likeness (QED) is 0.915. The molecule has 0 radical (unpaired) electrons. The lowest BCUT2D eigenvalue weighted by Gasteiger charge is -2.23. The van der Waals surface area contributed by atoms with E-state index in [0.29, 0.717) is 17.7 Å². The zero-order chi connectivity index (χ0) is 14.8. The largest absolute Gasteiger partial charge is 0.486 e. The predicted octanol–water partition coefficient (Wildman–Crippen LogP) is 3.67. The molecule has 0 aliphatic carbocycles. The molecule has 0 spiro atoms. The van der Waals surface area contributed by atoms with E-state index in [1.807, 2.05) is 31.3 Å². The number of fused-ring (bicyclic) bond motifs is 1. The number of hydrogen-bond acceptors (Lipinski definition) is 3. The van der Waals surface area contributed by atoms with Gasteiger partial charge in [-0.2, -0.15) is 0 Å². The molecule has 2 aromatic rings. The Morgan fingerprint density at radius 2 is 1.90 bits per heavy atom. The summed E-state index contributed by atoms with van der Waals surface area (Å²) in [7, 11) is 1.85. The molecule has 1 aliphatic rings. The zero-order valence-corrected chi connectivity index (χ0v) is 13.1. The van der Waals surface area contributed by atoms with Crippen molar-refractivity contribution in [2.24, 2.45) is 0 Å². The lowest BCUT2D eigenvalue weighted by Crippen LogP contribution is -2.20. The molecule has 21 heavy (non-hydrogen) atoms. The summed E-state index contributed by atoms with van der Waals surface area (Å²) >= 11 is 3.32. The molecule has 0 saturated heterocycles. The van der Waals surface area contributed by atoms with Crippen molar-refractivity contribution in [2.45, 2.75) is 6.04 Å². The van der Waals surface area contributed by atoms with Crippen LogP contribution in [0.2, 0.25) is 0 Å². The minimum Gasteiger partial charge on any atom is -0.486 e. The van der Waals surface area contributed by atoms with E-state index in [-0.39, 0.29) is 11.9 Å². The molecule has 3 nitrogen and oxygen atoms in total. The van der Waals surface area contributed by atoms with Crippen molar-refractivity contribution in [3.05, 3.63) is 57.8 Å². The van der Waals surface area contributed by atoms with E-state index in [4.69, 9.17) is 9.47 Å². The molecule has 0 amide bonds. The van der Waals surface area contributed by atoms with Crippen LogP contribution in [0.25, 0.3) is 0 Å². The van der Waals surface area contributed by atoms with E-state index in [0.717, 1.165) is 22.6 Å². The van der Waals surface area contributed by atoms with Crippen molar-refractivity contribution in [1.82, 2.24) is 5.32 Å². The van der Waals surface area contributed by atoms with E-state index in [2.05, 4.69) is 21.2 Å². The smallest absolute Gasteiger partial charge is 0.161 e. The molecule has 1 aliphatic heterocycles. The first-order chi connectivity index (χ1) is 10.2. The Bertz CT molecular complexity index is 663. The molecule has 1 heterocycles. The minimum absolute atomic E-state index is 0.133. The molecule has 0 saturated carbocycles. The van der Waals surface area contributed by atoms with Crippen LogP contribution in [0.5, 0.6) is 11.5 Å². The van der Waals surface area contributed by atoms with Crippen molar-refractivity contribution in [3.8, 4) is 11.5 Å². The van der Waals surface area contributed by atoms with Crippen LogP contribution < -0.4 is 14.8 Å². The molecular formula is C16H15BrFNO2. The first-order valence-corrected chi connectivity index (χ1v) is 7.50. The van der Waals surface area contributed by atoms with Crippen LogP contribution in [0.15, 0.2) is 40.9 Å². The Morgan fingerprint density at radius 3 is 2.67 bits per heavy atom. The van der Waals surface area contributed by atoms with E-state index in [1.165, 1.54) is 6.07 Å². The van der Waals surface area contributed by atoms with Gasteiger partial charge in [-0.05, 0) is 52.3 Å². The Morgan fingerprint density at radius 1 is 1.14 bits per heavy atom. The van der Waals surface area contributed by atoms with Crippen LogP contribution in [-0.4, -0.2) is 20.3 Å². The summed E-state index contributed by atoms with van der Waals surface area (Å²) in [6.45, 7) is 1.11. The lowest BCUT2D eigenvalue weighted by molar-refractivity contribution is 0.171. The van der Waals surface area contributed by atoms with Gasteiger partial charge in [0.05, 0.1) is 10.5 Å². The summed E-state index contributed by atoms with van der Waals surface area (Å²) in [5.41, 5.74) is 1.84. The Labute approximate surface area is 131 Å². The fourth-order valence-corrected chi connectivity index (χ4v) is 2.98. The third-order valence-corrected chi connectivity index (χ3v) is 4.32. The number of nitrogens with one attached hydrogen (secondary N) is 1. The van der Waals surface area contributed by atoms with Gasteiger partial charge in [0.1, 0.15) is 19.0 Å². The maximum Gasteiger partial charge on any atom is 0.161 e. The fourth-order valence-electron chi connectivity index (χ4n) is 2.48. The van der Waals surface area contributed by atoms with E-state index < -0.39 is 0 Å². The van der Waals surface area contributed by atoms with Crippen LogP contribution in [-0.2, 0) is 0 Å². The molecule has 1 unspecified atom stereocenters. The van der Waals surface area contributed by atoms with Crippen LogP contribution in [0.3, 0.4) is 0 Å². The molecule has 0 aromatic heterocycles. The highest BCUT2D eigenvalue weighted by Crippen LogP contribution is 2.36. The molecule has 3 rings (SSSR count). The van der Waals surface area contributed by atoms with Crippen molar-refractivity contribution in [1.29, 1.82) is 0 Å². The Hall–Kier alpha value is -1.59. The normalized spacial score (nSPS) is 14.8. The highest BCUT2D eigenvalue weighted by Gasteiger charge is 2.20. The molecule has 5 heteroatoms. The standard InChI is InChI=1S/C16H15BrFNO2/c1-19-16(11-3-2-4-12(18)15(11)17)10-5-6-13-14(9-10)21-8-7-20-13/h2-6,9,16,19H,7-8H2,1H3. The van der Waals surface area contributed by atoms with Gasteiger partial charge in [0, 0.05) is 0 Å². The lowest BCUT2D eigenvalue weighted by atomic mass is 9.98. The Balaban J connectivity index is 2.02. The van der Waals surface area contributed by atoms with Gasteiger partial charge in [0.15, 0.2) is 11.5 Å². The highest BCUT2D eigenvalue weighted by molar-refractivity contribution is 9.10. The average Bonchev–Trinajstić information content (AvgIpc) is 2.52. The second-order valence-corrected chi connectivity index (χ2v) is 5.56. The van der Waals surface area contributed by atoms with E-state index in [1.54, 1.807) is 6.07 Å². The van der Waals surface area contributed by atoms with Gasteiger partial charge in [0.2, 0.25) is 0 Å². The topological polar surface area (TPSA) is 30.5 Å². The van der Waals surface area contributed by atoms with Gasteiger partial charge in [-0.25, -0.2) is 4.39 Å². The highest BCUT2D eigenvalue weighted by atomic mass is 79.9. The van der Waals surface area contributed by atoms with E-state index >= 15 is 0 Å². The van der Waals surface area contributed by atoms with Crippen LogP contribution in [0, 0.1) is 5.82 Å². The summed E-state index contributed by atoms with van der Waals surface area (Å²) in [6.07, 6.45) is 0. The number of benzene rings is 2. The molecule has 0 fully saturated rings. The maximum absolute atomic E-state index is 13.7. The van der Waals surface area contributed by atoms with Gasteiger partial charge in [0.25, 0.3) is 0 Å². The summed E-state index contributed by atoms with van der Waals surface area (Å²) in [5, 5.41) is 3.22. The molecule has 0 bridgehead atoms. The van der Waals surface area contributed by atoms with Gasteiger partial charge < -0.3 is 14.8 Å². The zero-order valence-electron chi connectivity index (χ0n) is 11.5. The van der Waals surface area contributed by atoms with Crippen LogP contribution in [0.1, 0.15) is 17.2 Å². The Kier molecular flexibility index (Phi) is 4.12. The van der Waals surface area contributed by atoms with Crippen LogP contribution >= 0.6 is 15.9 Å². The summed E-state index contributed by atoms with van der Waals surface area (Å²) in [5.74, 6) is 1.20. The number of halogens is 2. The van der Waals surface area contributed by atoms with Crippen molar-refractivity contribution >= 4 is 15.9 Å². The third kappa shape index (κ3) is 2.76. The maximum atomic E-state index is 13.7. The predicted molar refractivity (Wildman–Crippen MR) is 82.4 cm³/mol. The summed E-state index contributed by atoms with van der Waals surface area (Å²) in [6, 6.07) is 10.7. The summed E-state index contributed by atoms with van der Waals surface area (Å²) < 4.78 is 25.4. The first kappa shape index (κ1) is 14.4. The first-order valence-electron chi connectivity index (χ1n) is 6.71. The van der Waals surface area contributed by atoms with Gasteiger partial charge in [-0.3, -0.25) is 0 Å². The van der Waals surface area contributed by atoms with Gasteiger partial charge >= 0.3 is 0 Å². The SMILES string of the molecule is CNC(c1ccc2c(c1)OCCO2)c1cccc(F)c1Br. The fraction of sp³-hybridized carbons (Fsp3) is 0.250. The second kappa shape index (κ2) is 6.03. The average molecular weight is 352 g/mol. The molecular weight excluding hydrogens is 337 g/mol. The summed E-state index contributed by atoms with van der Waals surface area (Å²) in [4.78, 5) is 0. The van der Waals surface area contributed by atoms with Crippen molar-refractivity contribution in [3.63, 3.8) is 0 Å². The number of rotatable bonds is 3. The number of ether oxygens (including phenoxy) is 2. The van der Waals surface area contributed by atoms with Gasteiger partial charge in [-0.15, -0.1) is 0 Å². The third-order valence-electron chi connectivity index (χ3n) is 3.48. The molecule has 1 atom stereocenters. The van der Waals surface area contributed by atoms with Crippen molar-refractivity contribution in [2.75, 3.05) is 20.3 Å². The monoisotopic (exact) mass is 351 g/mol. The second-order valence-electron chi connectivity index (χ2n) is 4.77. The number of hydrogen-bond donors (Lipinski definition) is 1.